The maximum absolute atomic E-state index is 11.5. The summed E-state index contributed by atoms with van der Waals surface area (Å²) in [6, 6.07) is 2.09. The van der Waals surface area contributed by atoms with Crippen molar-refractivity contribution in [1.82, 2.24) is 15.8 Å². The predicted octanol–water partition coefficient (Wildman–Crippen LogP) is 2.39. The van der Waals surface area contributed by atoms with Gasteiger partial charge in [-0.05, 0) is 40.5 Å². The molecule has 1 atom stereocenters. The van der Waals surface area contributed by atoms with Gasteiger partial charge >= 0.3 is 6.09 Å². The summed E-state index contributed by atoms with van der Waals surface area (Å²) in [5, 5.41) is 9.99. The number of ether oxygens (including phenoxy) is 2. The highest BCUT2D eigenvalue weighted by atomic mass is 16.6. The Morgan fingerprint density at radius 1 is 1.43 bits per heavy atom. The van der Waals surface area contributed by atoms with Crippen LogP contribution in [0.5, 0.6) is 0 Å². The molecular weight excluding hydrogens is 298 g/mol. The number of carbonyl (C=O) groups is 1. The van der Waals surface area contributed by atoms with Crippen LogP contribution in [0.25, 0.3) is 0 Å². The molecule has 2 N–H and O–H groups in total. The molecule has 1 rings (SSSR count). The maximum Gasteiger partial charge on any atom is 0.407 e. The molecule has 7 nitrogen and oxygen atoms in total. The fourth-order valence-corrected chi connectivity index (χ4v) is 2.04. The molecule has 1 unspecified atom stereocenters. The molecule has 0 radical (unpaired) electrons. The number of amides is 1. The van der Waals surface area contributed by atoms with E-state index >= 15 is 0 Å². The second-order valence-corrected chi connectivity index (χ2v) is 6.54. The monoisotopic (exact) mass is 327 g/mol. The van der Waals surface area contributed by atoms with Crippen LogP contribution >= 0.6 is 0 Å². The average Bonchev–Trinajstić information content (AvgIpc) is 2.84. The van der Waals surface area contributed by atoms with Crippen molar-refractivity contribution in [1.29, 1.82) is 0 Å². The first-order valence-corrected chi connectivity index (χ1v) is 7.91. The second-order valence-electron chi connectivity index (χ2n) is 6.54. The SMILES string of the molecule is COCC(CCCNC(=O)OC(C)(C)C)NCc1cc(C)no1. The summed E-state index contributed by atoms with van der Waals surface area (Å²) in [4.78, 5) is 11.5. The standard InChI is InChI=1S/C16H29N3O4/c1-12-9-14(23-19-12)10-18-13(11-21-5)7-6-8-17-15(20)22-16(2,3)4/h9,13,18H,6-8,10-11H2,1-5H3,(H,17,20). The molecular formula is C16H29N3O4. The van der Waals surface area contributed by atoms with E-state index < -0.39 is 5.60 Å². The highest BCUT2D eigenvalue weighted by Gasteiger charge is 2.16. The zero-order valence-electron chi connectivity index (χ0n) is 14.8. The minimum atomic E-state index is -0.473. The van der Waals surface area contributed by atoms with Gasteiger partial charge < -0.3 is 24.6 Å². The molecule has 0 aliphatic heterocycles. The quantitative estimate of drug-likeness (QED) is 0.677. The van der Waals surface area contributed by atoms with E-state index in [9.17, 15) is 4.79 Å². The van der Waals surface area contributed by atoms with Crippen molar-refractivity contribution in [2.45, 2.75) is 58.7 Å². The number of aryl methyl sites for hydroxylation is 1. The molecule has 1 amide bonds. The Labute approximate surface area is 138 Å². The van der Waals surface area contributed by atoms with Crippen molar-refractivity contribution in [3.05, 3.63) is 17.5 Å². The summed E-state index contributed by atoms with van der Waals surface area (Å²) < 4.78 is 15.6. The molecule has 1 heterocycles. The number of carbonyl (C=O) groups excluding carboxylic acids is 1. The van der Waals surface area contributed by atoms with Gasteiger partial charge in [-0.1, -0.05) is 5.16 Å². The molecule has 0 saturated heterocycles. The van der Waals surface area contributed by atoms with Crippen LogP contribution < -0.4 is 10.6 Å². The van der Waals surface area contributed by atoms with Crippen LogP contribution in [0.2, 0.25) is 0 Å². The number of methoxy groups -OCH3 is 1. The number of nitrogens with one attached hydrogen (secondary N) is 2. The smallest absolute Gasteiger partial charge is 0.407 e. The van der Waals surface area contributed by atoms with Crippen LogP contribution in [0.15, 0.2) is 10.6 Å². The first-order valence-electron chi connectivity index (χ1n) is 7.91. The Morgan fingerprint density at radius 2 is 2.17 bits per heavy atom. The summed E-state index contributed by atoms with van der Waals surface area (Å²) in [6.45, 7) is 9.19. The molecule has 132 valence electrons. The lowest BCUT2D eigenvalue weighted by molar-refractivity contribution is 0.0526. The summed E-state index contributed by atoms with van der Waals surface area (Å²) in [6.07, 6.45) is 1.32. The summed E-state index contributed by atoms with van der Waals surface area (Å²) in [7, 11) is 1.67. The van der Waals surface area contributed by atoms with Gasteiger partial charge in [0.1, 0.15) is 5.60 Å². The molecule has 0 aromatic carbocycles. The Kier molecular flexibility index (Phi) is 8.05. The number of rotatable bonds is 9. The molecule has 0 fully saturated rings. The fourth-order valence-electron chi connectivity index (χ4n) is 2.04. The lowest BCUT2D eigenvalue weighted by Gasteiger charge is -2.20. The zero-order valence-corrected chi connectivity index (χ0v) is 14.8. The molecule has 7 heteroatoms. The number of hydrogen-bond donors (Lipinski definition) is 2. The Morgan fingerprint density at radius 3 is 2.74 bits per heavy atom. The van der Waals surface area contributed by atoms with Crippen LogP contribution in [0, 0.1) is 6.92 Å². The van der Waals surface area contributed by atoms with E-state index in [-0.39, 0.29) is 12.1 Å². The zero-order chi connectivity index (χ0) is 17.3. The van der Waals surface area contributed by atoms with E-state index in [1.807, 2.05) is 33.8 Å². The number of nitrogens with zero attached hydrogens (tertiary/aromatic N) is 1. The molecule has 0 aliphatic rings. The van der Waals surface area contributed by atoms with Gasteiger partial charge in [-0.25, -0.2) is 4.79 Å². The summed E-state index contributed by atoms with van der Waals surface area (Å²) >= 11 is 0. The van der Waals surface area contributed by atoms with Crippen LogP contribution in [0.4, 0.5) is 4.79 Å². The third-order valence-electron chi connectivity index (χ3n) is 3.01. The number of hydrogen-bond acceptors (Lipinski definition) is 6. The molecule has 1 aromatic rings. The third-order valence-corrected chi connectivity index (χ3v) is 3.01. The minimum Gasteiger partial charge on any atom is -0.444 e. The van der Waals surface area contributed by atoms with Crippen LogP contribution in [0.3, 0.4) is 0 Å². The van der Waals surface area contributed by atoms with E-state index in [0.29, 0.717) is 19.7 Å². The van der Waals surface area contributed by atoms with Crippen molar-refractivity contribution in [2.75, 3.05) is 20.3 Å². The van der Waals surface area contributed by atoms with E-state index in [0.717, 1.165) is 24.3 Å². The first-order chi connectivity index (χ1) is 10.8. The molecule has 1 aromatic heterocycles. The summed E-state index contributed by atoms with van der Waals surface area (Å²) in [5.74, 6) is 0.801. The lowest BCUT2D eigenvalue weighted by atomic mass is 10.1. The fraction of sp³-hybridized carbons (Fsp3) is 0.750. The van der Waals surface area contributed by atoms with Gasteiger partial charge in [0, 0.05) is 25.8 Å². The van der Waals surface area contributed by atoms with E-state index in [2.05, 4.69) is 15.8 Å². The van der Waals surface area contributed by atoms with Gasteiger partial charge in [0.2, 0.25) is 0 Å². The van der Waals surface area contributed by atoms with Gasteiger partial charge in [-0.2, -0.15) is 0 Å². The Balaban J connectivity index is 2.23. The largest absolute Gasteiger partial charge is 0.444 e. The van der Waals surface area contributed by atoms with Gasteiger partial charge in [0.15, 0.2) is 5.76 Å². The number of alkyl carbamates (subject to hydrolysis) is 1. The van der Waals surface area contributed by atoms with E-state index in [4.69, 9.17) is 14.0 Å². The topological polar surface area (TPSA) is 85.6 Å². The van der Waals surface area contributed by atoms with Crippen molar-refractivity contribution in [2.24, 2.45) is 0 Å². The van der Waals surface area contributed by atoms with Gasteiger partial charge in [-0.15, -0.1) is 0 Å². The third kappa shape index (κ3) is 9.20. The molecule has 0 spiro atoms. The average molecular weight is 327 g/mol. The van der Waals surface area contributed by atoms with E-state index in [1.54, 1.807) is 7.11 Å². The second kappa shape index (κ2) is 9.52. The van der Waals surface area contributed by atoms with E-state index in [1.165, 1.54) is 0 Å². The molecule has 23 heavy (non-hydrogen) atoms. The predicted molar refractivity (Wildman–Crippen MR) is 87.2 cm³/mol. The van der Waals surface area contributed by atoms with Crippen molar-refractivity contribution in [3.63, 3.8) is 0 Å². The highest BCUT2D eigenvalue weighted by molar-refractivity contribution is 5.67. The lowest BCUT2D eigenvalue weighted by Crippen LogP contribution is -2.35. The van der Waals surface area contributed by atoms with Crippen LogP contribution in [0.1, 0.15) is 45.1 Å². The van der Waals surface area contributed by atoms with Gasteiger partial charge in [-0.3, -0.25) is 0 Å². The minimum absolute atomic E-state index is 0.186. The molecule has 0 aliphatic carbocycles. The summed E-state index contributed by atoms with van der Waals surface area (Å²) in [5.41, 5.74) is 0.394. The number of aromatic nitrogens is 1. The molecule has 0 saturated carbocycles. The Hall–Kier alpha value is -1.60. The first kappa shape index (κ1) is 19.4. The van der Waals surface area contributed by atoms with Crippen molar-refractivity contribution >= 4 is 6.09 Å². The maximum atomic E-state index is 11.5. The van der Waals surface area contributed by atoms with Gasteiger partial charge in [0.25, 0.3) is 0 Å². The normalized spacial score (nSPS) is 12.9. The van der Waals surface area contributed by atoms with Crippen molar-refractivity contribution in [3.8, 4) is 0 Å². The van der Waals surface area contributed by atoms with Crippen LogP contribution in [-0.2, 0) is 16.0 Å². The molecule has 0 bridgehead atoms. The highest BCUT2D eigenvalue weighted by Crippen LogP contribution is 2.07. The van der Waals surface area contributed by atoms with Crippen LogP contribution in [-0.4, -0.2) is 43.2 Å². The van der Waals surface area contributed by atoms with Crippen molar-refractivity contribution < 1.29 is 18.8 Å². The Bertz CT molecular complexity index is 468. The van der Waals surface area contributed by atoms with Gasteiger partial charge in [0.05, 0.1) is 18.8 Å².